The molecule has 118 valence electrons. The van der Waals surface area contributed by atoms with Crippen LogP contribution in [0.25, 0.3) is 0 Å². The van der Waals surface area contributed by atoms with Crippen molar-refractivity contribution in [1.82, 2.24) is 0 Å². The standard InChI is InChI=1S/C18H18N2O3/c1-12-10-14(21)8-9-15(12)20-17(22)11-16(18(20)23)19(2)13-6-4-3-5-7-13/h3-10,16,21H,11H2,1-2H3. The van der Waals surface area contributed by atoms with E-state index < -0.39 is 6.04 Å². The van der Waals surface area contributed by atoms with E-state index in [-0.39, 0.29) is 24.0 Å². The third-order valence-corrected chi connectivity index (χ3v) is 4.18. The molecule has 1 aliphatic heterocycles. The van der Waals surface area contributed by atoms with E-state index in [0.717, 1.165) is 5.69 Å². The number of hydrogen-bond acceptors (Lipinski definition) is 4. The number of rotatable bonds is 3. The molecule has 5 nitrogen and oxygen atoms in total. The highest BCUT2D eigenvalue weighted by Crippen LogP contribution is 2.31. The minimum absolute atomic E-state index is 0.114. The Morgan fingerprint density at radius 1 is 1.13 bits per heavy atom. The van der Waals surface area contributed by atoms with Gasteiger partial charge in [-0.3, -0.25) is 9.59 Å². The molecule has 0 radical (unpaired) electrons. The van der Waals surface area contributed by atoms with Gasteiger partial charge in [0.25, 0.3) is 5.91 Å². The van der Waals surface area contributed by atoms with Crippen LogP contribution in [0.1, 0.15) is 12.0 Å². The molecule has 5 heteroatoms. The number of amides is 2. The predicted molar refractivity (Wildman–Crippen MR) is 88.6 cm³/mol. The van der Waals surface area contributed by atoms with Gasteiger partial charge in [0.2, 0.25) is 5.91 Å². The molecule has 0 aromatic heterocycles. The average molecular weight is 310 g/mol. The first-order chi connectivity index (χ1) is 11.0. The number of aryl methyl sites for hydroxylation is 1. The van der Waals surface area contributed by atoms with Crippen LogP contribution < -0.4 is 9.80 Å². The summed E-state index contributed by atoms with van der Waals surface area (Å²) in [5.74, 6) is -0.352. The van der Waals surface area contributed by atoms with Crippen LogP contribution in [-0.4, -0.2) is 30.0 Å². The van der Waals surface area contributed by atoms with Crippen LogP contribution in [0.5, 0.6) is 5.75 Å². The second kappa shape index (κ2) is 5.76. The minimum Gasteiger partial charge on any atom is -0.508 e. The van der Waals surface area contributed by atoms with E-state index in [2.05, 4.69) is 0 Å². The Labute approximate surface area is 134 Å². The normalized spacial score (nSPS) is 17.7. The summed E-state index contributed by atoms with van der Waals surface area (Å²) in [5, 5.41) is 9.50. The lowest BCUT2D eigenvalue weighted by molar-refractivity contribution is -0.121. The van der Waals surface area contributed by atoms with Gasteiger partial charge in [-0.05, 0) is 42.8 Å². The lowest BCUT2D eigenvalue weighted by Gasteiger charge is -2.25. The van der Waals surface area contributed by atoms with Crippen LogP contribution >= 0.6 is 0 Å². The van der Waals surface area contributed by atoms with Gasteiger partial charge in [-0.25, -0.2) is 4.90 Å². The molecule has 0 spiro atoms. The van der Waals surface area contributed by atoms with Crippen LogP contribution in [0.3, 0.4) is 0 Å². The molecule has 0 bridgehead atoms. The first-order valence-corrected chi connectivity index (χ1v) is 7.43. The summed E-state index contributed by atoms with van der Waals surface area (Å²) in [4.78, 5) is 28.2. The summed E-state index contributed by atoms with van der Waals surface area (Å²) in [5.41, 5.74) is 2.11. The van der Waals surface area contributed by atoms with E-state index in [0.29, 0.717) is 11.3 Å². The second-order valence-corrected chi connectivity index (χ2v) is 5.70. The largest absolute Gasteiger partial charge is 0.508 e. The van der Waals surface area contributed by atoms with E-state index in [1.165, 1.54) is 11.0 Å². The van der Waals surface area contributed by atoms with Crippen molar-refractivity contribution < 1.29 is 14.7 Å². The third-order valence-electron chi connectivity index (χ3n) is 4.18. The predicted octanol–water partition coefficient (Wildman–Crippen LogP) is 2.47. The number of aromatic hydroxyl groups is 1. The van der Waals surface area contributed by atoms with Gasteiger partial charge in [0, 0.05) is 12.7 Å². The van der Waals surface area contributed by atoms with Gasteiger partial charge in [0.1, 0.15) is 11.8 Å². The number of imide groups is 1. The van der Waals surface area contributed by atoms with Gasteiger partial charge < -0.3 is 10.0 Å². The molecule has 3 rings (SSSR count). The van der Waals surface area contributed by atoms with Gasteiger partial charge in [-0.2, -0.15) is 0 Å². The monoisotopic (exact) mass is 310 g/mol. The molecule has 1 saturated heterocycles. The lowest BCUT2D eigenvalue weighted by atomic mass is 10.1. The summed E-state index contributed by atoms with van der Waals surface area (Å²) in [6.07, 6.45) is 0.143. The lowest BCUT2D eigenvalue weighted by Crippen LogP contribution is -2.40. The fourth-order valence-electron chi connectivity index (χ4n) is 2.91. The molecule has 1 unspecified atom stereocenters. The van der Waals surface area contributed by atoms with Crippen molar-refractivity contribution in [2.45, 2.75) is 19.4 Å². The van der Waals surface area contributed by atoms with Crippen molar-refractivity contribution in [3.63, 3.8) is 0 Å². The van der Waals surface area contributed by atoms with Crippen LogP contribution in [0.2, 0.25) is 0 Å². The first kappa shape index (κ1) is 15.1. The number of phenolic OH excluding ortho intramolecular Hbond substituents is 1. The van der Waals surface area contributed by atoms with E-state index in [9.17, 15) is 14.7 Å². The molecule has 1 heterocycles. The zero-order chi connectivity index (χ0) is 16.6. The van der Waals surface area contributed by atoms with E-state index in [1.807, 2.05) is 42.3 Å². The van der Waals surface area contributed by atoms with Gasteiger partial charge in [0.15, 0.2) is 0 Å². The van der Waals surface area contributed by atoms with Gasteiger partial charge >= 0.3 is 0 Å². The van der Waals surface area contributed by atoms with E-state index in [4.69, 9.17) is 0 Å². The van der Waals surface area contributed by atoms with Crippen LogP contribution in [0.15, 0.2) is 48.5 Å². The Bertz CT molecular complexity index is 758. The molecule has 1 fully saturated rings. The fraction of sp³-hybridized carbons (Fsp3) is 0.222. The maximum Gasteiger partial charge on any atom is 0.256 e. The smallest absolute Gasteiger partial charge is 0.256 e. The molecule has 0 aliphatic carbocycles. The van der Waals surface area contributed by atoms with Crippen LogP contribution in [0, 0.1) is 6.92 Å². The Kier molecular flexibility index (Phi) is 3.78. The topological polar surface area (TPSA) is 60.9 Å². The van der Waals surface area contributed by atoms with Crippen molar-refractivity contribution in [3.05, 3.63) is 54.1 Å². The number of benzene rings is 2. The molecule has 1 aliphatic rings. The molecule has 23 heavy (non-hydrogen) atoms. The molecular weight excluding hydrogens is 292 g/mol. The summed E-state index contributed by atoms with van der Waals surface area (Å²) in [7, 11) is 1.82. The zero-order valence-corrected chi connectivity index (χ0v) is 13.1. The number of para-hydroxylation sites is 1. The van der Waals surface area contributed by atoms with Gasteiger partial charge in [0.05, 0.1) is 12.1 Å². The number of likely N-dealkylation sites (N-methyl/N-ethyl adjacent to an activating group) is 1. The van der Waals surface area contributed by atoms with Crippen molar-refractivity contribution in [3.8, 4) is 5.75 Å². The van der Waals surface area contributed by atoms with E-state index in [1.54, 1.807) is 19.1 Å². The molecule has 2 aromatic rings. The van der Waals surface area contributed by atoms with Crippen LogP contribution in [0.4, 0.5) is 11.4 Å². The maximum absolute atomic E-state index is 12.8. The molecule has 1 atom stereocenters. The Morgan fingerprint density at radius 3 is 2.48 bits per heavy atom. The molecular formula is C18H18N2O3. The van der Waals surface area contributed by atoms with Crippen molar-refractivity contribution in [1.29, 1.82) is 0 Å². The maximum atomic E-state index is 12.8. The SMILES string of the molecule is Cc1cc(O)ccc1N1C(=O)CC(N(C)c2ccccc2)C1=O. The molecule has 0 saturated carbocycles. The summed E-state index contributed by atoms with van der Waals surface area (Å²) >= 11 is 0. The van der Waals surface area contributed by atoms with Crippen molar-refractivity contribution >= 4 is 23.2 Å². The Balaban J connectivity index is 1.91. The number of carbonyl (C=O) groups is 2. The van der Waals surface area contributed by atoms with Crippen molar-refractivity contribution in [2.75, 3.05) is 16.8 Å². The van der Waals surface area contributed by atoms with Gasteiger partial charge in [-0.1, -0.05) is 18.2 Å². The third kappa shape index (κ3) is 2.65. The number of nitrogens with zero attached hydrogens (tertiary/aromatic N) is 2. The van der Waals surface area contributed by atoms with Crippen LogP contribution in [-0.2, 0) is 9.59 Å². The zero-order valence-electron chi connectivity index (χ0n) is 13.1. The minimum atomic E-state index is -0.516. The molecule has 2 aromatic carbocycles. The number of phenols is 1. The Hall–Kier alpha value is -2.82. The molecule has 1 N–H and O–H groups in total. The fourth-order valence-corrected chi connectivity index (χ4v) is 2.91. The summed E-state index contributed by atoms with van der Waals surface area (Å²) in [6.45, 7) is 1.77. The van der Waals surface area contributed by atoms with Gasteiger partial charge in [-0.15, -0.1) is 0 Å². The Morgan fingerprint density at radius 2 is 1.83 bits per heavy atom. The van der Waals surface area contributed by atoms with Crippen molar-refractivity contribution in [2.24, 2.45) is 0 Å². The number of hydrogen-bond donors (Lipinski definition) is 1. The number of carbonyl (C=O) groups excluding carboxylic acids is 2. The molecule has 2 amide bonds. The summed E-state index contributed by atoms with van der Waals surface area (Å²) < 4.78 is 0. The average Bonchev–Trinajstić information content (AvgIpc) is 2.83. The second-order valence-electron chi connectivity index (χ2n) is 5.70. The highest BCUT2D eigenvalue weighted by Gasteiger charge is 2.42. The summed E-state index contributed by atoms with van der Waals surface area (Å²) in [6, 6.07) is 13.6. The first-order valence-electron chi connectivity index (χ1n) is 7.43. The highest BCUT2D eigenvalue weighted by molar-refractivity contribution is 6.23. The number of anilines is 2. The quantitative estimate of drug-likeness (QED) is 0.885. The van der Waals surface area contributed by atoms with E-state index >= 15 is 0 Å². The highest BCUT2D eigenvalue weighted by atomic mass is 16.3.